The summed E-state index contributed by atoms with van der Waals surface area (Å²) in [6.07, 6.45) is 1.72. The van der Waals surface area contributed by atoms with E-state index in [0.717, 1.165) is 22.7 Å². The predicted octanol–water partition coefficient (Wildman–Crippen LogP) is 0.338. The largest absolute Gasteiger partial charge is 0.394 e. The Hall–Kier alpha value is -1.46. The first-order valence-electron chi connectivity index (χ1n) is 4.81. The van der Waals surface area contributed by atoms with E-state index in [9.17, 15) is 0 Å². The lowest BCUT2D eigenvalue weighted by molar-refractivity contribution is 0.266. The van der Waals surface area contributed by atoms with Gasteiger partial charge in [0, 0.05) is 17.5 Å². The van der Waals surface area contributed by atoms with Crippen molar-refractivity contribution in [3.63, 3.8) is 0 Å². The number of imidazole rings is 1. The van der Waals surface area contributed by atoms with Crippen LogP contribution in [0.25, 0.3) is 5.65 Å². The Morgan fingerprint density at radius 1 is 1.53 bits per heavy atom. The van der Waals surface area contributed by atoms with Gasteiger partial charge in [-0.05, 0) is 13.8 Å². The molecule has 2 rings (SSSR count). The summed E-state index contributed by atoms with van der Waals surface area (Å²) in [5.41, 5.74) is 9.14. The third-order valence-corrected chi connectivity index (χ3v) is 2.48. The number of aryl methyl sites for hydroxylation is 2. The molecule has 0 amide bonds. The molecule has 2 aromatic heterocycles. The summed E-state index contributed by atoms with van der Waals surface area (Å²) >= 11 is 0. The standard InChI is InChI=1S/C10H14N4O/c1-6-3-9-13-10(8(11)4-15)7(2)14(9)5-12-6/h3,5,8,15H,4,11H2,1-2H3. The Kier molecular flexibility index (Phi) is 2.42. The maximum absolute atomic E-state index is 9.00. The minimum Gasteiger partial charge on any atom is -0.394 e. The number of fused-ring (bicyclic) bond motifs is 1. The highest BCUT2D eigenvalue weighted by molar-refractivity contribution is 5.44. The summed E-state index contributed by atoms with van der Waals surface area (Å²) < 4.78 is 1.87. The molecule has 0 radical (unpaired) electrons. The van der Waals surface area contributed by atoms with Crippen molar-refractivity contribution < 1.29 is 5.11 Å². The number of aliphatic hydroxyl groups excluding tert-OH is 1. The monoisotopic (exact) mass is 206 g/mol. The third kappa shape index (κ3) is 1.60. The van der Waals surface area contributed by atoms with E-state index in [1.165, 1.54) is 0 Å². The first kappa shape index (κ1) is 10.1. The minimum atomic E-state index is -0.426. The topological polar surface area (TPSA) is 76.4 Å². The highest BCUT2D eigenvalue weighted by atomic mass is 16.3. The van der Waals surface area contributed by atoms with Crippen LogP contribution in [-0.2, 0) is 0 Å². The number of rotatable bonds is 2. The van der Waals surface area contributed by atoms with Gasteiger partial charge >= 0.3 is 0 Å². The minimum absolute atomic E-state index is 0.100. The fraction of sp³-hybridized carbons (Fsp3) is 0.400. The van der Waals surface area contributed by atoms with Crippen molar-refractivity contribution in [3.8, 4) is 0 Å². The van der Waals surface area contributed by atoms with Gasteiger partial charge in [0.2, 0.25) is 0 Å². The van der Waals surface area contributed by atoms with Gasteiger partial charge in [-0.2, -0.15) is 0 Å². The molecule has 2 heterocycles. The van der Waals surface area contributed by atoms with Crippen molar-refractivity contribution in [2.75, 3.05) is 6.61 Å². The summed E-state index contributed by atoms with van der Waals surface area (Å²) in [5.74, 6) is 0. The Balaban J connectivity index is 2.63. The number of nitrogens with zero attached hydrogens (tertiary/aromatic N) is 3. The zero-order valence-electron chi connectivity index (χ0n) is 8.81. The van der Waals surface area contributed by atoms with Crippen molar-refractivity contribution >= 4 is 5.65 Å². The van der Waals surface area contributed by atoms with Gasteiger partial charge in [-0.25, -0.2) is 9.97 Å². The van der Waals surface area contributed by atoms with Gasteiger partial charge in [-0.15, -0.1) is 0 Å². The van der Waals surface area contributed by atoms with Crippen molar-refractivity contribution in [1.29, 1.82) is 0 Å². The molecule has 5 nitrogen and oxygen atoms in total. The van der Waals surface area contributed by atoms with Crippen molar-refractivity contribution in [3.05, 3.63) is 29.5 Å². The second-order valence-electron chi connectivity index (χ2n) is 3.63. The molecule has 0 fully saturated rings. The molecular formula is C10H14N4O. The maximum atomic E-state index is 9.00. The predicted molar refractivity (Wildman–Crippen MR) is 56.5 cm³/mol. The number of hydrogen-bond donors (Lipinski definition) is 2. The van der Waals surface area contributed by atoms with Gasteiger partial charge in [-0.3, -0.25) is 4.40 Å². The number of nitrogens with two attached hydrogens (primary N) is 1. The summed E-state index contributed by atoms with van der Waals surface area (Å²) in [4.78, 5) is 8.57. The van der Waals surface area contributed by atoms with Crippen molar-refractivity contribution in [1.82, 2.24) is 14.4 Å². The zero-order chi connectivity index (χ0) is 11.0. The highest BCUT2D eigenvalue weighted by Crippen LogP contribution is 2.16. The number of aliphatic hydroxyl groups is 1. The molecule has 0 aliphatic rings. The van der Waals surface area contributed by atoms with E-state index in [4.69, 9.17) is 10.8 Å². The highest BCUT2D eigenvalue weighted by Gasteiger charge is 2.14. The van der Waals surface area contributed by atoms with Crippen LogP contribution >= 0.6 is 0 Å². The molecule has 0 saturated heterocycles. The number of hydrogen-bond acceptors (Lipinski definition) is 4. The van der Waals surface area contributed by atoms with Crippen LogP contribution in [0.5, 0.6) is 0 Å². The van der Waals surface area contributed by atoms with Crippen molar-refractivity contribution in [2.45, 2.75) is 19.9 Å². The second-order valence-corrected chi connectivity index (χ2v) is 3.63. The Morgan fingerprint density at radius 2 is 2.27 bits per heavy atom. The molecule has 15 heavy (non-hydrogen) atoms. The molecule has 0 saturated carbocycles. The van der Waals surface area contributed by atoms with Crippen LogP contribution in [0, 0.1) is 13.8 Å². The molecule has 0 bridgehead atoms. The first-order chi connectivity index (χ1) is 7.13. The van der Waals surface area contributed by atoms with Crippen LogP contribution < -0.4 is 5.73 Å². The molecule has 0 aromatic carbocycles. The summed E-state index contributed by atoms with van der Waals surface area (Å²) in [5, 5.41) is 9.00. The van der Waals surface area contributed by atoms with Gasteiger partial charge < -0.3 is 10.8 Å². The second kappa shape index (κ2) is 3.60. The number of aromatic nitrogens is 3. The van der Waals surface area contributed by atoms with E-state index >= 15 is 0 Å². The van der Waals surface area contributed by atoms with Crippen LogP contribution in [0.1, 0.15) is 23.1 Å². The normalized spacial score (nSPS) is 13.3. The first-order valence-corrected chi connectivity index (χ1v) is 4.81. The van der Waals surface area contributed by atoms with Crippen molar-refractivity contribution in [2.24, 2.45) is 5.73 Å². The molecule has 1 unspecified atom stereocenters. The molecule has 5 heteroatoms. The molecule has 0 spiro atoms. The van der Waals surface area contributed by atoms with E-state index in [2.05, 4.69) is 9.97 Å². The Morgan fingerprint density at radius 3 is 2.93 bits per heavy atom. The average Bonchev–Trinajstić information content (AvgIpc) is 2.54. The molecule has 1 atom stereocenters. The quantitative estimate of drug-likeness (QED) is 0.742. The molecule has 0 aliphatic carbocycles. The van der Waals surface area contributed by atoms with E-state index in [-0.39, 0.29) is 6.61 Å². The lowest BCUT2D eigenvalue weighted by Gasteiger charge is -2.04. The van der Waals surface area contributed by atoms with Crippen LogP contribution in [0.15, 0.2) is 12.4 Å². The third-order valence-electron chi connectivity index (χ3n) is 2.48. The average molecular weight is 206 g/mol. The summed E-state index contributed by atoms with van der Waals surface area (Å²) in [6.45, 7) is 3.73. The van der Waals surface area contributed by atoms with E-state index in [1.54, 1.807) is 6.33 Å². The smallest absolute Gasteiger partial charge is 0.140 e. The Labute approximate surface area is 87.6 Å². The van der Waals surface area contributed by atoms with Gasteiger partial charge in [0.15, 0.2) is 0 Å². The molecule has 0 aliphatic heterocycles. The fourth-order valence-electron chi connectivity index (χ4n) is 1.61. The van der Waals surface area contributed by atoms with E-state index in [1.807, 2.05) is 24.3 Å². The van der Waals surface area contributed by atoms with Crippen LogP contribution in [0.2, 0.25) is 0 Å². The van der Waals surface area contributed by atoms with Crippen LogP contribution in [0.3, 0.4) is 0 Å². The van der Waals surface area contributed by atoms with E-state index < -0.39 is 6.04 Å². The lowest BCUT2D eigenvalue weighted by Crippen LogP contribution is -2.16. The lowest BCUT2D eigenvalue weighted by atomic mass is 10.2. The van der Waals surface area contributed by atoms with Crippen LogP contribution in [0.4, 0.5) is 0 Å². The van der Waals surface area contributed by atoms with Crippen LogP contribution in [-0.4, -0.2) is 26.1 Å². The molecule has 2 aromatic rings. The zero-order valence-corrected chi connectivity index (χ0v) is 8.81. The Bertz CT molecular complexity index is 491. The van der Waals surface area contributed by atoms with E-state index in [0.29, 0.717) is 0 Å². The maximum Gasteiger partial charge on any atom is 0.140 e. The van der Waals surface area contributed by atoms with Gasteiger partial charge in [-0.1, -0.05) is 0 Å². The van der Waals surface area contributed by atoms with Gasteiger partial charge in [0.05, 0.1) is 18.3 Å². The molecular weight excluding hydrogens is 192 g/mol. The van der Waals surface area contributed by atoms with Gasteiger partial charge in [0.25, 0.3) is 0 Å². The molecule has 80 valence electrons. The summed E-state index contributed by atoms with van der Waals surface area (Å²) in [7, 11) is 0. The fourth-order valence-corrected chi connectivity index (χ4v) is 1.61. The SMILES string of the molecule is Cc1cc2nc(C(N)CO)c(C)n2cn1. The van der Waals surface area contributed by atoms with Gasteiger partial charge in [0.1, 0.15) is 12.0 Å². The molecule has 3 N–H and O–H groups in total. The summed E-state index contributed by atoms with van der Waals surface area (Å²) in [6, 6.07) is 1.46.